The van der Waals surface area contributed by atoms with Gasteiger partial charge in [0.1, 0.15) is 0 Å². The van der Waals surface area contributed by atoms with Crippen LogP contribution in [0.1, 0.15) is 24.8 Å². The number of benzene rings is 2. The van der Waals surface area contributed by atoms with E-state index in [1.165, 1.54) is 5.56 Å². The van der Waals surface area contributed by atoms with Gasteiger partial charge in [0, 0.05) is 31.0 Å². The molecule has 1 N–H and O–H groups in total. The fourth-order valence-electron chi connectivity index (χ4n) is 3.24. The van der Waals surface area contributed by atoms with Crippen LogP contribution in [0.2, 0.25) is 0 Å². The average Bonchev–Trinajstić information content (AvgIpc) is 2.68. The normalized spacial score (nSPS) is 15.8. The lowest BCUT2D eigenvalue weighted by atomic mass is 10.1. The van der Waals surface area contributed by atoms with E-state index in [0.29, 0.717) is 18.0 Å². The zero-order valence-corrected chi connectivity index (χ0v) is 17.0. The molecular formula is C21H29N3O2S. The summed E-state index contributed by atoms with van der Waals surface area (Å²) in [6.45, 7) is 2.28. The van der Waals surface area contributed by atoms with E-state index in [-0.39, 0.29) is 0 Å². The van der Waals surface area contributed by atoms with Crippen molar-refractivity contribution >= 4 is 21.4 Å². The summed E-state index contributed by atoms with van der Waals surface area (Å²) in [4.78, 5) is 2.54. The first-order valence-corrected chi connectivity index (χ1v) is 11.0. The maximum absolute atomic E-state index is 12.7. The van der Waals surface area contributed by atoms with E-state index < -0.39 is 10.0 Å². The second-order valence-corrected chi connectivity index (χ2v) is 9.30. The highest BCUT2D eigenvalue weighted by Crippen LogP contribution is 2.23. The van der Waals surface area contributed by atoms with Crippen LogP contribution in [0.4, 0.5) is 11.4 Å². The van der Waals surface area contributed by atoms with E-state index in [1.54, 1.807) is 16.4 Å². The Morgan fingerprint density at radius 3 is 2.00 bits per heavy atom. The summed E-state index contributed by atoms with van der Waals surface area (Å²) >= 11 is 0. The molecule has 0 aromatic heterocycles. The van der Waals surface area contributed by atoms with E-state index in [9.17, 15) is 8.42 Å². The van der Waals surface area contributed by atoms with E-state index >= 15 is 0 Å². The summed E-state index contributed by atoms with van der Waals surface area (Å²) in [5, 5.41) is 3.34. The van der Waals surface area contributed by atoms with Crippen molar-refractivity contribution in [1.82, 2.24) is 9.21 Å². The van der Waals surface area contributed by atoms with Crippen LogP contribution in [0, 0.1) is 0 Å². The molecule has 1 saturated heterocycles. The topological polar surface area (TPSA) is 52.7 Å². The van der Waals surface area contributed by atoms with Crippen LogP contribution >= 0.6 is 0 Å². The minimum absolute atomic E-state index is 0.369. The molecule has 1 aliphatic heterocycles. The van der Waals surface area contributed by atoms with Crippen LogP contribution in [-0.2, 0) is 16.4 Å². The summed E-state index contributed by atoms with van der Waals surface area (Å²) in [6.07, 6.45) is 4.03. The summed E-state index contributed by atoms with van der Waals surface area (Å²) in [7, 11) is 0.780. The van der Waals surface area contributed by atoms with E-state index in [2.05, 4.69) is 48.6 Å². The fraction of sp³-hybridized carbons (Fsp3) is 0.429. The summed E-state index contributed by atoms with van der Waals surface area (Å²) < 4.78 is 27.0. The number of nitrogens with zero attached hydrogens (tertiary/aromatic N) is 2. The number of likely N-dealkylation sites (N-methyl/N-ethyl adjacent to an activating group) is 1. The second kappa shape index (κ2) is 8.87. The van der Waals surface area contributed by atoms with Gasteiger partial charge in [0.15, 0.2) is 0 Å². The Morgan fingerprint density at radius 1 is 0.889 bits per heavy atom. The average molecular weight is 388 g/mol. The number of rotatable bonds is 7. The van der Waals surface area contributed by atoms with E-state index in [0.717, 1.165) is 43.6 Å². The van der Waals surface area contributed by atoms with Crippen molar-refractivity contribution in [3.05, 3.63) is 54.1 Å². The first kappa shape index (κ1) is 19.9. The third-order valence-electron chi connectivity index (χ3n) is 4.90. The van der Waals surface area contributed by atoms with E-state index in [4.69, 9.17) is 0 Å². The molecule has 0 saturated carbocycles. The van der Waals surface area contributed by atoms with Crippen LogP contribution in [0.25, 0.3) is 0 Å². The summed E-state index contributed by atoms with van der Waals surface area (Å²) in [6, 6.07) is 15.4. The number of anilines is 2. The molecule has 0 amide bonds. The van der Waals surface area contributed by atoms with Gasteiger partial charge >= 0.3 is 0 Å². The van der Waals surface area contributed by atoms with Crippen molar-refractivity contribution < 1.29 is 8.42 Å². The van der Waals surface area contributed by atoms with Crippen LogP contribution in [0.5, 0.6) is 0 Å². The van der Waals surface area contributed by atoms with Gasteiger partial charge in [-0.2, -0.15) is 4.31 Å². The standard InChI is InChI=1S/C21H29N3O2S/c1-23(2)17-14-18-6-8-19(9-7-18)22-20-10-12-21(13-11-20)27(25,26)24-15-4-3-5-16-24/h6-13,22H,3-5,14-17H2,1-2H3. The molecule has 1 aliphatic rings. The second-order valence-electron chi connectivity index (χ2n) is 7.36. The molecule has 0 bridgehead atoms. The Balaban J connectivity index is 1.63. The molecular weight excluding hydrogens is 358 g/mol. The zero-order valence-electron chi connectivity index (χ0n) is 16.2. The highest BCUT2D eigenvalue weighted by Gasteiger charge is 2.25. The predicted molar refractivity (Wildman–Crippen MR) is 111 cm³/mol. The first-order valence-electron chi connectivity index (χ1n) is 9.56. The zero-order chi connectivity index (χ0) is 19.3. The minimum Gasteiger partial charge on any atom is -0.356 e. The van der Waals surface area contributed by atoms with Crippen LogP contribution in [0.15, 0.2) is 53.4 Å². The van der Waals surface area contributed by atoms with Gasteiger partial charge in [-0.15, -0.1) is 0 Å². The fourth-order valence-corrected chi connectivity index (χ4v) is 4.76. The van der Waals surface area contributed by atoms with Crippen LogP contribution in [-0.4, -0.2) is 51.4 Å². The number of hydrogen-bond donors (Lipinski definition) is 1. The molecule has 6 heteroatoms. The number of nitrogens with one attached hydrogen (secondary N) is 1. The molecule has 27 heavy (non-hydrogen) atoms. The molecule has 1 fully saturated rings. The van der Waals surface area contributed by atoms with Crippen molar-refractivity contribution in [3.63, 3.8) is 0 Å². The van der Waals surface area contributed by atoms with Crippen LogP contribution in [0.3, 0.4) is 0 Å². The van der Waals surface area contributed by atoms with Gasteiger partial charge in [-0.25, -0.2) is 8.42 Å². The molecule has 0 spiro atoms. The SMILES string of the molecule is CN(C)CCc1ccc(Nc2ccc(S(=O)(=O)N3CCCCC3)cc2)cc1. The van der Waals surface area contributed by atoms with Crippen molar-refractivity contribution in [2.24, 2.45) is 0 Å². The molecule has 1 heterocycles. The van der Waals surface area contributed by atoms with Gasteiger partial charge in [0.25, 0.3) is 0 Å². The lowest BCUT2D eigenvalue weighted by Gasteiger charge is -2.25. The highest BCUT2D eigenvalue weighted by atomic mass is 32.2. The largest absolute Gasteiger partial charge is 0.356 e. The molecule has 146 valence electrons. The third-order valence-corrected chi connectivity index (χ3v) is 6.81. The van der Waals surface area contributed by atoms with Crippen LogP contribution < -0.4 is 5.32 Å². The molecule has 2 aromatic carbocycles. The van der Waals surface area contributed by atoms with Crippen molar-refractivity contribution in [3.8, 4) is 0 Å². The van der Waals surface area contributed by atoms with Gasteiger partial charge < -0.3 is 10.2 Å². The number of hydrogen-bond acceptors (Lipinski definition) is 4. The molecule has 0 radical (unpaired) electrons. The van der Waals surface area contributed by atoms with Crippen molar-refractivity contribution in [1.29, 1.82) is 0 Å². The Kier molecular flexibility index (Phi) is 6.52. The van der Waals surface area contributed by atoms with Gasteiger partial charge in [0.2, 0.25) is 10.0 Å². The molecule has 0 atom stereocenters. The molecule has 2 aromatic rings. The predicted octanol–water partition coefficient (Wildman–Crippen LogP) is 3.71. The summed E-state index contributed by atoms with van der Waals surface area (Å²) in [5.74, 6) is 0. The molecule has 0 aliphatic carbocycles. The smallest absolute Gasteiger partial charge is 0.243 e. The monoisotopic (exact) mass is 387 g/mol. The first-order chi connectivity index (χ1) is 12.9. The Bertz CT molecular complexity index is 825. The molecule has 3 rings (SSSR count). The molecule has 5 nitrogen and oxygen atoms in total. The Labute approximate surface area is 163 Å². The Morgan fingerprint density at radius 2 is 1.44 bits per heavy atom. The third kappa shape index (κ3) is 5.31. The minimum atomic E-state index is -3.37. The van der Waals surface area contributed by atoms with E-state index in [1.807, 2.05) is 12.1 Å². The van der Waals surface area contributed by atoms with Gasteiger partial charge in [-0.05, 0) is 75.3 Å². The highest BCUT2D eigenvalue weighted by molar-refractivity contribution is 7.89. The lowest BCUT2D eigenvalue weighted by molar-refractivity contribution is 0.346. The van der Waals surface area contributed by atoms with Gasteiger partial charge in [0.05, 0.1) is 4.90 Å². The number of sulfonamides is 1. The van der Waals surface area contributed by atoms with Gasteiger partial charge in [-0.3, -0.25) is 0 Å². The Hall–Kier alpha value is -1.89. The quantitative estimate of drug-likeness (QED) is 0.787. The van der Waals surface area contributed by atoms with Crippen molar-refractivity contribution in [2.75, 3.05) is 39.0 Å². The molecule has 0 unspecified atom stereocenters. The lowest BCUT2D eigenvalue weighted by Crippen LogP contribution is -2.35. The van der Waals surface area contributed by atoms with Gasteiger partial charge in [-0.1, -0.05) is 18.6 Å². The summed E-state index contributed by atoms with van der Waals surface area (Å²) in [5.41, 5.74) is 3.18. The maximum Gasteiger partial charge on any atom is 0.243 e. The number of piperidine rings is 1. The van der Waals surface area contributed by atoms with Crippen molar-refractivity contribution in [2.45, 2.75) is 30.6 Å². The maximum atomic E-state index is 12.7.